The average molecular weight is 287 g/mol. The minimum absolute atomic E-state index is 0.0130. The number of nitrogens with zero attached hydrogens (tertiary/aromatic N) is 1. The molecule has 0 unspecified atom stereocenters. The Hall–Kier alpha value is -1.34. The Kier molecular flexibility index (Phi) is 4.11. The van der Waals surface area contributed by atoms with E-state index in [0.29, 0.717) is 0 Å². The molecule has 0 aromatic rings. The summed E-state index contributed by atoms with van der Waals surface area (Å²) >= 11 is 0. The van der Waals surface area contributed by atoms with E-state index >= 15 is 0 Å². The molecule has 0 aromatic heterocycles. The van der Waals surface area contributed by atoms with Crippen molar-refractivity contribution in [2.24, 2.45) is 0 Å². The molecule has 0 aromatic carbocycles. The van der Waals surface area contributed by atoms with Gasteiger partial charge in [-0.1, -0.05) is 20.8 Å². The molecule has 6 nitrogen and oxygen atoms in total. The number of carboxylic acids is 1. The van der Waals surface area contributed by atoms with Gasteiger partial charge in [-0.15, -0.1) is 0 Å². The van der Waals surface area contributed by atoms with Crippen LogP contribution in [0.4, 0.5) is 4.79 Å². The fourth-order valence-electron chi connectivity index (χ4n) is 1.59. The van der Waals surface area contributed by atoms with Crippen LogP contribution >= 0.6 is 0 Å². The highest BCUT2D eigenvalue weighted by atomic mass is 28.4. The Morgan fingerprint density at radius 3 is 2.21 bits per heavy atom. The van der Waals surface area contributed by atoms with Crippen molar-refractivity contribution in [3.63, 3.8) is 0 Å². The molecule has 1 rings (SSSR count). The predicted octanol–water partition coefficient (Wildman–Crippen LogP) is 2.34. The van der Waals surface area contributed by atoms with Crippen molar-refractivity contribution in [1.82, 2.24) is 4.90 Å². The third kappa shape index (κ3) is 3.36. The van der Waals surface area contributed by atoms with E-state index in [1.54, 1.807) is 0 Å². The van der Waals surface area contributed by atoms with Gasteiger partial charge in [0, 0.05) is 0 Å². The smallest absolute Gasteiger partial charge is 0.412 e. The van der Waals surface area contributed by atoms with Crippen molar-refractivity contribution in [3.8, 4) is 0 Å². The van der Waals surface area contributed by atoms with Crippen molar-refractivity contribution < 1.29 is 24.2 Å². The highest BCUT2D eigenvalue weighted by molar-refractivity contribution is 6.74. The summed E-state index contributed by atoms with van der Waals surface area (Å²) in [5.74, 6) is -1.25. The van der Waals surface area contributed by atoms with Crippen LogP contribution in [0.25, 0.3) is 0 Å². The van der Waals surface area contributed by atoms with Gasteiger partial charge in [0.25, 0.3) is 0 Å². The molecule has 0 saturated carbocycles. The summed E-state index contributed by atoms with van der Waals surface area (Å²) < 4.78 is 6.02. The van der Waals surface area contributed by atoms with Gasteiger partial charge in [-0.2, -0.15) is 0 Å². The minimum Gasteiger partial charge on any atom is -0.477 e. The van der Waals surface area contributed by atoms with E-state index in [9.17, 15) is 9.59 Å². The van der Waals surface area contributed by atoms with Crippen LogP contribution in [-0.4, -0.2) is 48.1 Å². The summed E-state index contributed by atoms with van der Waals surface area (Å²) in [6, 6.07) is 0. The Morgan fingerprint density at radius 1 is 1.37 bits per heavy atom. The molecule has 19 heavy (non-hydrogen) atoms. The maximum absolute atomic E-state index is 11.0. The molecule has 1 heterocycles. The molecule has 0 saturated heterocycles. The van der Waals surface area contributed by atoms with Crippen molar-refractivity contribution in [3.05, 3.63) is 11.8 Å². The molecule has 7 heteroatoms. The fraction of sp³-hybridized carbons (Fsp3) is 0.667. The summed E-state index contributed by atoms with van der Waals surface area (Å²) in [7, 11) is -2.06. The lowest BCUT2D eigenvalue weighted by atomic mass is 10.2. The largest absolute Gasteiger partial charge is 0.477 e. The van der Waals surface area contributed by atoms with Crippen LogP contribution in [0.5, 0.6) is 0 Å². The number of hydrogen-bond donors (Lipinski definition) is 2. The maximum atomic E-state index is 11.0. The summed E-state index contributed by atoms with van der Waals surface area (Å²) in [6.07, 6.45) is -0.366. The molecule has 108 valence electrons. The van der Waals surface area contributed by atoms with Crippen LogP contribution in [0.1, 0.15) is 20.8 Å². The first-order chi connectivity index (χ1) is 8.45. The first kappa shape index (κ1) is 15.7. The SMILES string of the molecule is CC(C)(C)[Si](C)(C)O[C@H]1C=C(C(=O)O)N(C(=O)O)C1. The third-order valence-corrected chi connectivity index (χ3v) is 8.20. The summed E-state index contributed by atoms with van der Waals surface area (Å²) in [6.45, 7) is 10.4. The Balaban J connectivity index is 2.89. The van der Waals surface area contributed by atoms with Crippen LogP contribution in [-0.2, 0) is 9.22 Å². The standard InChI is InChI=1S/C12H21NO5Si/c1-12(2,3)19(4,5)18-8-6-9(10(14)15)13(7-8)11(16)17/h6,8H,7H2,1-5H3,(H,14,15)(H,16,17)/t8-/m0/s1. The molecule has 1 amide bonds. The number of carbonyl (C=O) groups is 2. The van der Waals surface area contributed by atoms with Gasteiger partial charge in [-0.05, 0) is 24.2 Å². The number of aliphatic carboxylic acids is 1. The number of carboxylic acid groups (broad SMARTS) is 2. The van der Waals surface area contributed by atoms with Crippen molar-refractivity contribution >= 4 is 20.4 Å². The fourth-order valence-corrected chi connectivity index (χ4v) is 2.84. The van der Waals surface area contributed by atoms with E-state index in [2.05, 4.69) is 20.8 Å². The first-order valence-electron chi connectivity index (χ1n) is 6.09. The van der Waals surface area contributed by atoms with Crippen molar-refractivity contribution in [2.45, 2.75) is 45.0 Å². The van der Waals surface area contributed by atoms with Crippen LogP contribution in [0.2, 0.25) is 18.1 Å². The van der Waals surface area contributed by atoms with Gasteiger partial charge in [-0.3, -0.25) is 4.90 Å². The second-order valence-electron chi connectivity index (χ2n) is 6.17. The molecule has 0 spiro atoms. The Bertz CT molecular complexity index is 424. The van der Waals surface area contributed by atoms with Crippen LogP contribution in [0, 0.1) is 0 Å². The van der Waals surface area contributed by atoms with Gasteiger partial charge >= 0.3 is 12.1 Å². The van der Waals surface area contributed by atoms with Crippen LogP contribution in [0.3, 0.4) is 0 Å². The van der Waals surface area contributed by atoms with Crippen LogP contribution in [0.15, 0.2) is 11.8 Å². The minimum atomic E-state index is -2.06. The quantitative estimate of drug-likeness (QED) is 0.778. The van der Waals surface area contributed by atoms with Gasteiger partial charge in [0.1, 0.15) is 5.70 Å². The lowest BCUT2D eigenvalue weighted by Gasteiger charge is -2.38. The number of hydrogen-bond acceptors (Lipinski definition) is 3. The average Bonchev–Trinajstić information content (AvgIpc) is 2.59. The Morgan fingerprint density at radius 2 is 1.89 bits per heavy atom. The zero-order chi connectivity index (χ0) is 15.0. The molecule has 0 fully saturated rings. The molecular formula is C12H21NO5Si. The monoisotopic (exact) mass is 287 g/mol. The van der Waals surface area contributed by atoms with Gasteiger partial charge in [-0.25, -0.2) is 9.59 Å². The van der Waals surface area contributed by atoms with E-state index < -0.39 is 26.5 Å². The van der Waals surface area contributed by atoms with E-state index in [4.69, 9.17) is 14.6 Å². The van der Waals surface area contributed by atoms with Gasteiger partial charge < -0.3 is 14.6 Å². The summed E-state index contributed by atoms with van der Waals surface area (Å²) in [5, 5.41) is 18.0. The lowest BCUT2D eigenvalue weighted by molar-refractivity contribution is -0.134. The van der Waals surface area contributed by atoms with Crippen molar-refractivity contribution in [2.75, 3.05) is 6.54 Å². The summed E-state index contributed by atoms with van der Waals surface area (Å²) in [5.41, 5.74) is -0.226. The summed E-state index contributed by atoms with van der Waals surface area (Å²) in [4.78, 5) is 22.8. The number of amides is 1. The zero-order valence-electron chi connectivity index (χ0n) is 11.9. The Labute approximate surface area is 113 Å². The second kappa shape index (κ2) is 4.97. The highest BCUT2D eigenvalue weighted by Crippen LogP contribution is 2.38. The zero-order valence-corrected chi connectivity index (χ0v) is 12.9. The van der Waals surface area contributed by atoms with E-state index in [0.717, 1.165) is 4.90 Å². The molecule has 0 radical (unpaired) electrons. The van der Waals surface area contributed by atoms with E-state index in [-0.39, 0.29) is 17.3 Å². The number of rotatable bonds is 3. The second-order valence-corrected chi connectivity index (χ2v) is 10.9. The third-order valence-electron chi connectivity index (χ3n) is 3.70. The normalized spacial score (nSPS) is 20.4. The van der Waals surface area contributed by atoms with Gasteiger partial charge in [0.15, 0.2) is 8.32 Å². The predicted molar refractivity (Wildman–Crippen MR) is 72.5 cm³/mol. The van der Waals surface area contributed by atoms with E-state index in [1.165, 1.54) is 6.08 Å². The molecule has 1 aliphatic rings. The van der Waals surface area contributed by atoms with Gasteiger partial charge in [0.05, 0.1) is 12.6 Å². The van der Waals surface area contributed by atoms with Crippen LogP contribution < -0.4 is 0 Å². The maximum Gasteiger partial charge on any atom is 0.412 e. The van der Waals surface area contributed by atoms with Crippen molar-refractivity contribution in [1.29, 1.82) is 0 Å². The molecule has 2 N–H and O–H groups in total. The molecule has 1 aliphatic heterocycles. The first-order valence-corrected chi connectivity index (χ1v) is 9.00. The molecule has 0 bridgehead atoms. The lowest BCUT2D eigenvalue weighted by Crippen LogP contribution is -2.45. The molecule has 1 atom stereocenters. The topological polar surface area (TPSA) is 87.1 Å². The highest BCUT2D eigenvalue weighted by Gasteiger charge is 2.42. The molecular weight excluding hydrogens is 266 g/mol. The van der Waals surface area contributed by atoms with E-state index in [1.807, 2.05) is 13.1 Å². The van der Waals surface area contributed by atoms with Gasteiger partial charge in [0.2, 0.25) is 0 Å². The molecule has 0 aliphatic carbocycles.